The van der Waals surface area contributed by atoms with Crippen LogP contribution in [-0.2, 0) is 23.6 Å². The van der Waals surface area contributed by atoms with Crippen LogP contribution < -0.4 is 4.72 Å². The molecule has 0 amide bonds. The molecular formula is C8H15N3O2S. The lowest BCUT2D eigenvalue weighted by Crippen LogP contribution is -2.24. The van der Waals surface area contributed by atoms with Crippen molar-refractivity contribution in [1.82, 2.24) is 14.5 Å². The average Bonchev–Trinajstić information content (AvgIpc) is 2.44. The second-order valence-electron chi connectivity index (χ2n) is 3.13. The molecule has 1 aromatic heterocycles. The maximum Gasteiger partial charge on any atom is 0.211 e. The van der Waals surface area contributed by atoms with E-state index < -0.39 is 10.0 Å². The van der Waals surface area contributed by atoms with Crippen molar-refractivity contribution < 1.29 is 8.42 Å². The molecule has 14 heavy (non-hydrogen) atoms. The van der Waals surface area contributed by atoms with Gasteiger partial charge in [-0.1, -0.05) is 0 Å². The summed E-state index contributed by atoms with van der Waals surface area (Å²) in [4.78, 5) is 0. The van der Waals surface area contributed by atoms with Gasteiger partial charge >= 0.3 is 0 Å². The van der Waals surface area contributed by atoms with Crippen LogP contribution in [0.5, 0.6) is 0 Å². The quantitative estimate of drug-likeness (QED) is 0.781. The summed E-state index contributed by atoms with van der Waals surface area (Å²) < 4.78 is 26.4. The molecule has 0 atom stereocenters. The van der Waals surface area contributed by atoms with Crippen molar-refractivity contribution in [1.29, 1.82) is 0 Å². The van der Waals surface area contributed by atoms with E-state index >= 15 is 0 Å². The van der Waals surface area contributed by atoms with Crippen LogP contribution in [0, 0.1) is 6.92 Å². The van der Waals surface area contributed by atoms with Crippen LogP contribution in [0.2, 0.25) is 0 Å². The standard InChI is InChI=1S/C8H15N3O2S/c1-4-14(12,13)9-6-8-5-7(2)11(3)10-8/h5,9H,4,6H2,1-3H3. The van der Waals surface area contributed by atoms with E-state index in [9.17, 15) is 8.42 Å². The Morgan fingerprint density at radius 2 is 2.21 bits per heavy atom. The molecule has 5 nitrogen and oxygen atoms in total. The Kier molecular flexibility index (Phi) is 3.28. The van der Waals surface area contributed by atoms with E-state index in [1.165, 1.54) is 0 Å². The first-order valence-corrected chi connectivity index (χ1v) is 6.06. The maximum atomic E-state index is 11.1. The van der Waals surface area contributed by atoms with Gasteiger partial charge in [-0.3, -0.25) is 4.68 Å². The highest BCUT2D eigenvalue weighted by atomic mass is 32.2. The summed E-state index contributed by atoms with van der Waals surface area (Å²) in [6.07, 6.45) is 0. The third-order valence-corrected chi connectivity index (χ3v) is 3.36. The average molecular weight is 217 g/mol. The fourth-order valence-corrected chi connectivity index (χ4v) is 1.58. The fourth-order valence-electron chi connectivity index (χ4n) is 1.01. The van der Waals surface area contributed by atoms with Gasteiger partial charge in [0.15, 0.2) is 0 Å². The van der Waals surface area contributed by atoms with Crippen molar-refractivity contribution in [2.45, 2.75) is 20.4 Å². The Hall–Kier alpha value is -0.880. The number of nitrogens with one attached hydrogen (secondary N) is 1. The van der Waals surface area contributed by atoms with Crippen molar-refractivity contribution in [2.24, 2.45) is 7.05 Å². The zero-order chi connectivity index (χ0) is 10.8. The molecule has 6 heteroatoms. The molecule has 1 aromatic rings. The van der Waals surface area contributed by atoms with Gasteiger partial charge in [0.25, 0.3) is 0 Å². The van der Waals surface area contributed by atoms with Gasteiger partial charge in [0.2, 0.25) is 10.0 Å². The Morgan fingerprint density at radius 3 is 2.64 bits per heavy atom. The Labute approximate surface area is 84.2 Å². The lowest BCUT2D eigenvalue weighted by Gasteiger charge is -2.00. The molecule has 0 fully saturated rings. The van der Waals surface area contributed by atoms with E-state index in [1.54, 1.807) is 11.6 Å². The number of rotatable bonds is 4. The van der Waals surface area contributed by atoms with Crippen molar-refractivity contribution in [3.05, 3.63) is 17.5 Å². The van der Waals surface area contributed by atoms with Gasteiger partial charge in [0.1, 0.15) is 0 Å². The Balaban J connectivity index is 2.63. The van der Waals surface area contributed by atoms with Gasteiger partial charge in [0.05, 0.1) is 18.0 Å². The van der Waals surface area contributed by atoms with Crippen molar-refractivity contribution in [3.8, 4) is 0 Å². The molecule has 0 aromatic carbocycles. The topological polar surface area (TPSA) is 64.0 Å². The number of nitrogens with zero attached hydrogens (tertiary/aromatic N) is 2. The molecule has 80 valence electrons. The first kappa shape index (κ1) is 11.2. The molecule has 0 saturated heterocycles. The normalized spacial score (nSPS) is 11.9. The molecule has 0 spiro atoms. The van der Waals surface area contributed by atoms with Crippen LogP contribution in [-0.4, -0.2) is 24.0 Å². The van der Waals surface area contributed by atoms with E-state index in [2.05, 4.69) is 9.82 Å². The molecule has 0 aliphatic rings. The van der Waals surface area contributed by atoms with Gasteiger partial charge in [-0.15, -0.1) is 0 Å². The molecule has 0 bridgehead atoms. The maximum absolute atomic E-state index is 11.1. The molecule has 0 saturated carbocycles. The van der Waals surface area contributed by atoms with Gasteiger partial charge < -0.3 is 0 Å². The minimum Gasteiger partial charge on any atom is -0.273 e. The monoisotopic (exact) mass is 217 g/mol. The van der Waals surface area contributed by atoms with E-state index in [1.807, 2.05) is 20.0 Å². The third-order valence-electron chi connectivity index (χ3n) is 2.02. The molecule has 1 N–H and O–H groups in total. The number of sulfonamides is 1. The van der Waals surface area contributed by atoms with Crippen molar-refractivity contribution in [3.63, 3.8) is 0 Å². The number of hydrogen-bond acceptors (Lipinski definition) is 3. The number of aromatic nitrogens is 2. The number of aryl methyl sites for hydroxylation is 2. The second-order valence-corrected chi connectivity index (χ2v) is 5.22. The summed E-state index contributed by atoms with van der Waals surface area (Å²) in [5, 5.41) is 4.14. The zero-order valence-corrected chi connectivity index (χ0v) is 9.43. The van der Waals surface area contributed by atoms with E-state index in [4.69, 9.17) is 0 Å². The van der Waals surface area contributed by atoms with Crippen LogP contribution in [0.15, 0.2) is 6.07 Å². The van der Waals surface area contributed by atoms with Crippen LogP contribution in [0.25, 0.3) is 0 Å². The van der Waals surface area contributed by atoms with Crippen molar-refractivity contribution in [2.75, 3.05) is 5.75 Å². The smallest absolute Gasteiger partial charge is 0.211 e. The lowest BCUT2D eigenvalue weighted by molar-refractivity contribution is 0.580. The predicted molar refractivity (Wildman–Crippen MR) is 54.2 cm³/mol. The SMILES string of the molecule is CCS(=O)(=O)NCc1cc(C)n(C)n1. The van der Waals surface area contributed by atoms with E-state index in [0.29, 0.717) is 0 Å². The molecule has 0 unspecified atom stereocenters. The first-order chi connectivity index (χ1) is 6.44. The minimum atomic E-state index is -3.12. The highest BCUT2D eigenvalue weighted by molar-refractivity contribution is 7.89. The van der Waals surface area contributed by atoms with Crippen molar-refractivity contribution >= 4 is 10.0 Å². The molecule has 1 rings (SSSR count). The van der Waals surface area contributed by atoms with E-state index in [-0.39, 0.29) is 12.3 Å². The summed E-state index contributed by atoms with van der Waals surface area (Å²) in [7, 11) is -1.29. The van der Waals surface area contributed by atoms with Gasteiger partial charge in [0, 0.05) is 12.7 Å². The van der Waals surface area contributed by atoms with Crippen LogP contribution in [0.1, 0.15) is 18.3 Å². The van der Waals surface area contributed by atoms with E-state index in [0.717, 1.165) is 11.4 Å². The first-order valence-electron chi connectivity index (χ1n) is 4.41. The zero-order valence-electron chi connectivity index (χ0n) is 8.61. The van der Waals surface area contributed by atoms with Gasteiger partial charge in [-0.05, 0) is 19.9 Å². The van der Waals surface area contributed by atoms with Crippen LogP contribution in [0.4, 0.5) is 0 Å². The van der Waals surface area contributed by atoms with Gasteiger partial charge in [-0.25, -0.2) is 13.1 Å². The number of hydrogen-bond donors (Lipinski definition) is 1. The summed E-state index contributed by atoms with van der Waals surface area (Å²) in [5.41, 5.74) is 1.75. The summed E-state index contributed by atoms with van der Waals surface area (Å²) >= 11 is 0. The van der Waals surface area contributed by atoms with Crippen LogP contribution >= 0.6 is 0 Å². The molecule has 1 heterocycles. The highest BCUT2D eigenvalue weighted by Crippen LogP contribution is 2.01. The largest absolute Gasteiger partial charge is 0.273 e. The summed E-state index contributed by atoms with van der Waals surface area (Å²) in [6, 6.07) is 1.86. The predicted octanol–water partition coefficient (Wildman–Crippen LogP) is 0.168. The Morgan fingerprint density at radius 1 is 1.57 bits per heavy atom. The Bertz CT molecular complexity index is 389. The highest BCUT2D eigenvalue weighted by Gasteiger charge is 2.07. The molecule has 0 aliphatic carbocycles. The summed E-state index contributed by atoms with van der Waals surface area (Å²) in [5.74, 6) is 0.0960. The fraction of sp³-hybridized carbons (Fsp3) is 0.625. The van der Waals surface area contributed by atoms with Crippen LogP contribution in [0.3, 0.4) is 0 Å². The molecule has 0 radical (unpaired) electrons. The minimum absolute atomic E-state index is 0.0960. The third kappa shape index (κ3) is 2.81. The molecule has 0 aliphatic heterocycles. The van der Waals surface area contributed by atoms with Gasteiger partial charge in [-0.2, -0.15) is 5.10 Å². The second kappa shape index (κ2) is 4.10. The summed E-state index contributed by atoms with van der Waals surface area (Å²) in [6.45, 7) is 3.79. The lowest BCUT2D eigenvalue weighted by atomic mass is 10.4. The molecular weight excluding hydrogens is 202 g/mol.